The van der Waals surface area contributed by atoms with Crippen LogP contribution < -0.4 is 0 Å². The molecule has 1 unspecified atom stereocenters. The second-order valence-electron chi connectivity index (χ2n) is 16.3. The number of piperidine rings is 1. The Balaban J connectivity index is 2.44. The first-order valence-electron chi connectivity index (χ1n) is 22.6. The highest BCUT2D eigenvalue weighted by molar-refractivity contribution is 5.76. The molecule has 0 bridgehead atoms. The van der Waals surface area contributed by atoms with Gasteiger partial charge in [-0.1, -0.05) is 143 Å². The fraction of sp³-hybridized carbons (Fsp3) is 0.956. The minimum atomic E-state index is -0.423. The van der Waals surface area contributed by atoms with Gasteiger partial charge in [-0.3, -0.25) is 9.59 Å². The molecule has 1 atom stereocenters. The van der Waals surface area contributed by atoms with Crippen LogP contribution in [-0.2, 0) is 28.5 Å². The van der Waals surface area contributed by atoms with Gasteiger partial charge in [-0.2, -0.15) is 0 Å². The number of rotatable bonds is 37. The molecular formula is C45H87NO6. The van der Waals surface area contributed by atoms with Crippen LogP contribution in [0.5, 0.6) is 0 Å². The van der Waals surface area contributed by atoms with Crippen molar-refractivity contribution in [1.29, 1.82) is 0 Å². The van der Waals surface area contributed by atoms with Crippen molar-refractivity contribution in [3.05, 3.63) is 0 Å². The van der Waals surface area contributed by atoms with Gasteiger partial charge in [0, 0.05) is 26.1 Å². The maximum Gasteiger partial charge on any atom is 0.312 e. The molecule has 1 rings (SSSR count). The second-order valence-corrected chi connectivity index (χ2v) is 16.3. The maximum absolute atomic E-state index is 13.3. The Bertz CT molecular complexity index is 796. The molecule has 1 fully saturated rings. The van der Waals surface area contributed by atoms with E-state index in [1.807, 2.05) is 0 Å². The predicted octanol–water partition coefficient (Wildman–Crippen LogP) is 12.5. The lowest BCUT2D eigenvalue weighted by Gasteiger charge is -2.36. The molecule has 0 saturated carbocycles. The number of hydrogen-bond donors (Lipinski definition) is 0. The number of likely N-dealkylation sites (tertiary alicyclic amines) is 1. The zero-order chi connectivity index (χ0) is 38.0. The Kier molecular flexibility index (Phi) is 32.2. The van der Waals surface area contributed by atoms with Gasteiger partial charge in [0.1, 0.15) is 6.10 Å². The first kappa shape index (κ1) is 48.8. The summed E-state index contributed by atoms with van der Waals surface area (Å²) >= 11 is 0. The molecule has 1 heterocycles. The van der Waals surface area contributed by atoms with Gasteiger partial charge in [-0.05, 0) is 84.8 Å². The van der Waals surface area contributed by atoms with Crippen molar-refractivity contribution in [3.63, 3.8) is 0 Å². The molecular weight excluding hydrogens is 650 g/mol. The molecule has 1 saturated heterocycles. The third kappa shape index (κ3) is 27.4. The van der Waals surface area contributed by atoms with E-state index in [4.69, 9.17) is 18.9 Å². The molecule has 0 aliphatic carbocycles. The molecule has 308 valence electrons. The van der Waals surface area contributed by atoms with Crippen LogP contribution in [0.2, 0.25) is 0 Å². The summed E-state index contributed by atoms with van der Waals surface area (Å²) in [6, 6.07) is 0. The van der Waals surface area contributed by atoms with E-state index in [-0.39, 0.29) is 24.3 Å². The average molecular weight is 738 g/mol. The molecule has 0 aromatic rings. The fourth-order valence-corrected chi connectivity index (χ4v) is 7.10. The molecule has 0 aromatic heterocycles. The maximum atomic E-state index is 13.3. The topological polar surface area (TPSA) is 74.3 Å². The van der Waals surface area contributed by atoms with Gasteiger partial charge in [0.15, 0.2) is 6.29 Å². The van der Waals surface area contributed by atoms with Crippen LogP contribution in [0, 0.1) is 5.41 Å². The minimum Gasteiger partial charge on any atom is -0.466 e. The number of ether oxygens (including phenoxy) is 4. The second kappa shape index (κ2) is 34.3. The predicted molar refractivity (Wildman–Crippen MR) is 218 cm³/mol. The smallest absolute Gasteiger partial charge is 0.312 e. The largest absolute Gasteiger partial charge is 0.466 e. The van der Waals surface area contributed by atoms with E-state index in [1.165, 1.54) is 116 Å². The van der Waals surface area contributed by atoms with Crippen LogP contribution in [-0.4, -0.2) is 69.2 Å². The lowest BCUT2D eigenvalue weighted by atomic mass is 9.80. The Hall–Kier alpha value is -1.18. The number of carbonyl (C=O) groups is 2. The first-order chi connectivity index (χ1) is 25.3. The molecule has 7 nitrogen and oxygen atoms in total. The van der Waals surface area contributed by atoms with Gasteiger partial charge in [0.05, 0.1) is 12.0 Å². The van der Waals surface area contributed by atoms with Gasteiger partial charge in [-0.25, -0.2) is 0 Å². The Labute approximate surface area is 322 Å². The fourth-order valence-electron chi connectivity index (χ4n) is 7.10. The summed E-state index contributed by atoms with van der Waals surface area (Å²) in [5.41, 5.74) is -0.423. The Morgan fingerprint density at radius 3 is 1.50 bits per heavy atom. The van der Waals surface area contributed by atoms with Gasteiger partial charge in [0.25, 0.3) is 0 Å². The molecule has 1 aliphatic rings. The molecule has 0 N–H and O–H groups in total. The number of esters is 2. The van der Waals surface area contributed by atoms with Gasteiger partial charge < -0.3 is 23.8 Å². The molecule has 1 aliphatic heterocycles. The Morgan fingerprint density at radius 1 is 0.558 bits per heavy atom. The molecule has 0 spiro atoms. The van der Waals surface area contributed by atoms with Crippen LogP contribution in [0.1, 0.15) is 220 Å². The van der Waals surface area contributed by atoms with Gasteiger partial charge >= 0.3 is 11.9 Å². The highest BCUT2D eigenvalue weighted by atomic mass is 16.7. The number of unbranched alkanes of at least 4 members (excludes halogenated alkanes) is 20. The standard InChI is InChI=1S/C45H87NO6/c1-6-9-12-15-18-19-20-21-22-25-30-41(52-44(48)45(4)34-36-46(5)37-35-45)33-40-49-42(47)31-26-27-32-43(50-38-28-23-16-13-10-7-2)51-39-29-24-17-14-11-8-3/h41,43H,6-40H2,1-5H3. The van der Waals surface area contributed by atoms with Crippen molar-refractivity contribution in [2.24, 2.45) is 5.41 Å². The normalized spacial score (nSPS) is 15.3. The minimum absolute atomic E-state index is 0.0732. The van der Waals surface area contributed by atoms with Crippen LogP contribution in [0.25, 0.3) is 0 Å². The monoisotopic (exact) mass is 738 g/mol. The summed E-state index contributed by atoms with van der Waals surface area (Å²) in [7, 11) is 2.11. The lowest BCUT2D eigenvalue weighted by molar-refractivity contribution is -0.165. The van der Waals surface area contributed by atoms with Crippen molar-refractivity contribution >= 4 is 11.9 Å². The molecule has 0 aromatic carbocycles. The van der Waals surface area contributed by atoms with Crippen molar-refractivity contribution in [3.8, 4) is 0 Å². The van der Waals surface area contributed by atoms with E-state index in [0.29, 0.717) is 19.4 Å². The van der Waals surface area contributed by atoms with E-state index in [9.17, 15) is 9.59 Å². The van der Waals surface area contributed by atoms with E-state index in [0.717, 1.165) is 90.5 Å². The summed E-state index contributed by atoms with van der Waals surface area (Å²) in [4.78, 5) is 28.3. The summed E-state index contributed by atoms with van der Waals surface area (Å²) in [6.45, 7) is 12.5. The third-order valence-electron chi connectivity index (χ3n) is 11.1. The van der Waals surface area contributed by atoms with Crippen LogP contribution >= 0.6 is 0 Å². The van der Waals surface area contributed by atoms with Gasteiger partial charge in [-0.15, -0.1) is 0 Å². The lowest BCUT2D eigenvalue weighted by Crippen LogP contribution is -2.43. The number of carbonyl (C=O) groups excluding carboxylic acids is 2. The van der Waals surface area contributed by atoms with Crippen molar-refractivity contribution in [2.75, 3.05) is 40.0 Å². The average Bonchev–Trinajstić information content (AvgIpc) is 3.14. The highest BCUT2D eigenvalue weighted by Gasteiger charge is 2.38. The van der Waals surface area contributed by atoms with E-state index in [2.05, 4.69) is 39.6 Å². The Morgan fingerprint density at radius 2 is 1.00 bits per heavy atom. The number of hydrogen-bond acceptors (Lipinski definition) is 7. The summed E-state index contributed by atoms with van der Waals surface area (Å²) < 4.78 is 24.2. The van der Waals surface area contributed by atoms with E-state index in [1.54, 1.807) is 0 Å². The summed E-state index contributed by atoms with van der Waals surface area (Å²) in [5.74, 6) is -0.236. The molecule has 52 heavy (non-hydrogen) atoms. The molecule has 0 radical (unpaired) electrons. The molecule has 7 heteroatoms. The van der Waals surface area contributed by atoms with E-state index < -0.39 is 5.41 Å². The summed E-state index contributed by atoms with van der Waals surface area (Å²) in [6.07, 6.45) is 33.3. The highest BCUT2D eigenvalue weighted by Crippen LogP contribution is 2.33. The quantitative estimate of drug-likeness (QED) is 0.0357. The summed E-state index contributed by atoms with van der Waals surface area (Å²) in [5, 5.41) is 0. The van der Waals surface area contributed by atoms with Crippen LogP contribution in [0.15, 0.2) is 0 Å². The van der Waals surface area contributed by atoms with Crippen LogP contribution in [0.3, 0.4) is 0 Å². The zero-order valence-corrected chi connectivity index (χ0v) is 35.3. The first-order valence-corrected chi connectivity index (χ1v) is 22.6. The van der Waals surface area contributed by atoms with E-state index >= 15 is 0 Å². The number of nitrogens with zero attached hydrogens (tertiary/aromatic N) is 1. The SMILES string of the molecule is CCCCCCCCCCCCC(CCOC(=O)CCCCC(OCCCCCCCC)OCCCCCCCC)OC(=O)C1(C)CCN(C)CC1. The van der Waals surface area contributed by atoms with Gasteiger partial charge in [0.2, 0.25) is 0 Å². The van der Waals surface area contributed by atoms with Crippen LogP contribution in [0.4, 0.5) is 0 Å². The van der Waals surface area contributed by atoms with Crippen molar-refractivity contribution in [1.82, 2.24) is 4.90 Å². The zero-order valence-electron chi connectivity index (χ0n) is 35.3. The third-order valence-corrected chi connectivity index (χ3v) is 11.1. The van der Waals surface area contributed by atoms with Crippen molar-refractivity contribution < 1.29 is 28.5 Å². The molecule has 0 amide bonds. The van der Waals surface area contributed by atoms with Crippen molar-refractivity contribution in [2.45, 2.75) is 233 Å².